The van der Waals surface area contributed by atoms with Gasteiger partial charge >= 0.3 is 0 Å². The zero-order chi connectivity index (χ0) is 20.3. The molecule has 1 N–H and O–H groups in total. The second kappa shape index (κ2) is 9.15. The third kappa shape index (κ3) is 4.98. The topological polar surface area (TPSA) is 80.1 Å². The van der Waals surface area contributed by atoms with Gasteiger partial charge in [-0.25, -0.2) is 0 Å². The van der Waals surface area contributed by atoms with E-state index in [0.29, 0.717) is 33.9 Å². The average Bonchev–Trinajstić information content (AvgIpc) is 3.28. The van der Waals surface area contributed by atoms with Crippen molar-refractivity contribution in [3.63, 3.8) is 0 Å². The molecule has 10 heteroatoms. The number of hydrogen-bond donors (Lipinski definition) is 1. The fourth-order valence-electron chi connectivity index (χ4n) is 3.09. The Morgan fingerprint density at radius 2 is 2.00 bits per heavy atom. The summed E-state index contributed by atoms with van der Waals surface area (Å²) in [5.74, 6) is -0.123. The van der Waals surface area contributed by atoms with Gasteiger partial charge in [0.2, 0.25) is 11.8 Å². The van der Waals surface area contributed by atoms with E-state index in [-0.39, 0.29) is 23.6 Å². The predicted octanol–water partition coefficient (Wildman–Crippen LogP) is 3.89. The number of nitrogens with one attached hydrogen (secondary N) is 1. The molecule has 1 unspecified atom stereocenters. The monoisotopic (exact) mass is 441 g/mol. The number of amides is 2. The zero-order valence-electron chi connectivity index (χ0n) is 15.6. The van der Waals surface area contributed by atoms with E-state index in [0.717, 1.165) is 6.42 Å². The smallest absolute Gasteiger partial charge is 0.247 e. The summed E-state index contributed by atoms with van der Waals surface area (Å²) in [4.78, 5) is 27.1. The van der Waals surface area contributed by atoms with Crippen molar-refractivity contribution < 1.29 is 9.59 Å². The molecule has 0 saturated carbocycles. The minimum Gasteiger partial charge on any atom is -0.330 e. The number of anilines is 1. The molecule has 2 aromatic rings. The van der Waals surface area contributed by atoms with E-state index in [1.54, 1.807) is 29.4 Å². The van der Waals surface area contributed by atoms with Gasteiger partial charge in [0.15, 0.2) is 5.16 Å². The Hall–Kier alpha value is -1.77. The lowest BCUT2D eigenvalue weighted by molar-refractivity contribution is -0.134. The molecular weight excluding hydrogens is 421 g/mol. The predicted molar refractivity (Wildman–Crippen MR) is 111 cm³/mol. The molecule has 1 fully saturated rings. The maximum Gasteiger partial charge on any atom is 0.247 e. The fraction of sp³-hybridized carbons (Fsp3) is 0.444. The molecule has 1 aromatic heterocycles. The first-order chi connectivity index (χ1) is 13.3. The van der Waals surface area contributed by atoms with E-state index < -0.39 is 6.04 Å². The molecule has 1 aliphatic heterocycles. The lowest BCUT2D eigenvalue weighted by Gasteiger charge is -2.24. The minimum atomic E-state index is -0.506. The Kier molecular flexibility index (Phi) is 6.85. The van der Waals surface area contributed by atoms with Crippen molar-refractivity contribution in [1.29, 1.82) is 0 Å². The van der Waals surface area contributed by atoms with Crippen LogP contribution in [0.3, 0.4) is 0 Å². The molecule has 1 aliphatic rings. The number of carbonyl (C=O) groups is 2. The molecule has 1 saturated heterocycles. The Morgan fingerprint density at radius 3 is 2.68 bits per heavy atom. The maximum absolute atomic E-state index is 12.7. The number of benzene rings is 1. The SMILES string of the molecule is CC(C)n1cnnc1SCC(=O)N1CCCC1C(=O)Nc1cc(Cl)cc(Cl)c1. The van der Waals surface area contributed by atoms with Gasteiger partial charge in [0.25, 0.3) is 0 Å². The Morgan fingerprint density at radius 1 is 1.29 bits per heavy atom. The molecular formula is C18H21Cl2N5O2S. The molecule has 2 heterocycles. The highest BCUT2D eigenvalue weighted by molar-refractivity contribution is 7.99. The fourth-order valence-corrected chi connectivity index (χ4v) is 4.54. The van der Waals surface area contributed by atoms with E-state index in [4.69, 9.17) is 23.2 Å². The minimum absolute atomic E-state index is 0.0925. The summed E-state index contributed by atoms with van der Waals surface area (Å²) in [6, 6.07) is 4.55. The highest BCUT2D eigenvalue weighted by Gasteiger charge is 2.34. The van der Waals surface area contributed by atoms with Crippen LogP contribution >= 0.6 is 35.0 Å². The van der Waals surface area contributed by atoms with Gasteiger partial charge in [-0.3, -0.25) is 9.59 Å². The molecule has 1 atom stereocenters. The van der Waals surface area contributed by atoms with Crippen LogP contribution in [0.5, 0.6) is 0 Å². The number of hydrogen-bond acceptors (Lipinski definition) is 5. The van der Waals surface area contributed by atoms with Crippen LogP contribution in [0, 0.1) is 0 Å². The molecule has 3 rings (SSSR count). The summed E-state index contributed by atoms with van der Waals surface area (Å²) < 4.78 is 1.91. The summed E-state index contributed by atoms with van der Waals surface area (Å²) in [7, 11) is 0. The zero-order valence-corrected chi connectivity index (χ0v) is 17.9. The number of thioether (sulfide) groups is 1. The van der Waals surface area contributed by atoms with E-state index in [1.165, 1.54) is 11.8 Å². The maximum atomic E-state index is 12.7. The van der Waals surface area contributed by atoms with Crippen LogP contribution in [0.25, 0.3) is 0 Å². The lowest BCUT2D eigenvalue weighted by Crippen LogP contribution is -2.44. The normalized spacial score (nSPS) is 16.6. The van der Waals surface area contributed by atoms with E-state index in [1.807, 2.05) is 18.4 Å². The van der Waals surface area contributed by atoms with Crippen LogP contribution < -0.4 is 5.32 Å². The third-order valence-electron chi connectivity index (χ3n) is 4.43. The molecule has 2 amide bonds. The van der Waals surface area contributed by atoms with E-state index in [2.05, 4.69) is 15.5 Å². The van der Waals surface area contributed by atoms with Crippen molar-refractivity contribution in [3.05, 3.63) is 34.6 Å². The summed E-state index contributed by atoms with van der Waals surface area (Å²) in [5, 5.41) is 12.3. The van der Waals surface area contributed by atoms with Crippen LogP contribution in [0.1, 0.15) is 32.7 Å². The van der Waals surface area contributed by atoms with Crippen LogP contribution in [-0.2, 0) is 9.59 Å². The second-order valence-electron chi connectivity index (χ2n) is 6.80. The van der Waals surface area contributed by atoms with Gasteiger partial charge in [0.1, 0.15) is 12.4 Å². The molecule has 0 radical (unpaired) electrons. The van der Waals surface area contributed by atoms with Crippen LogP contribution in [-0.4, -0.2) is 49.8 Å². The average molecular weight is 442 g/mol. The summed E-state index contributed by atoms with van der Waals surface area (Å²) in [6.07, 6.45) is 3.06. The third-order valence-corrected chi connectivity index (χ3v) is 5.81. The molecule has 150 valence electrons. The van der Waals surface area contributed by atoms with Gasteiger partial charge in [0, 0.05) is 28.3 Å². The molecule has 0 aliphatic carbocycles. The van der Waals surface area contributed by atoms with Crippen LogP contribution in [0.15, 0.2) is 29.7 Å². The number of aromatic nitrogens is 3. The molecule has 0 spiro atoms. The second-order valence-corrected chi connectivity index (χ2v) is 8.61. The number of nitrogens with zero attached hydrogens (tertiary/aromatic N) is 4. The Bertz CT molecular complexity index is 853. The lowest BCUT2D eigenvalue weighted by atomic mass is 10.2. The van der Waals surface area contributed by atoms with Crippen LogP contribution in [0.4, 0.5) is 5.69 Å². The van der Waals surface area contributed by atoms with Gasteiger partial charge in [-0.05, 0) is 44.9 Å². The molecule has 7 nitrogen and oxygen atoms in total. The quantitative estimate of drug-likeness (QED) is 0.687. The standard InChI is InChI=1S/C18H21Cl2N5O2S/c1-11(2)25-10-21-23-18(25)28-9-16(26)24-5-3-4-15(24)17(27)22-14-7-12(19)6-13(20)8-14/h6-8,10-11,15H,3-5,9H2,1-2H3,(H,22,27). The number of likely N-dealkylation sites (tertiary alicyclic amines) is 1. The highest BCUT2D eigenvalue weighted by atomic mass is 35.5. The van der Waals surface area contributed by atoms with Gasteiger partial charge in [-0.1, -0.05) is 35.0 Å². The van der Waals surface area contributed by atoms with E-state index in [9.17, 15) is 9.59 Å². The number of carbonyl (C=O) groups excluding carboxylic acids is 2. The first-order valence-electron chi connectivity index (χ1n) is 8.94. The number of rotatable bonds is 6. The summed E-state index contributed by atoms with van der Waals surface area (Å²) in [6.45, 7) is 4.61. The summed E-state index contributed by atoms with van der Waals surface area (Å²) >= 11 is 13.3. The van der Waals surface area contributed by atoms with Gasteiger partial charge < -0.3 is 14.8 Å². The van der Waals surface area contributed by atoms with Crippen molar-refractivity contribution >= 4 is 52.5 Å². The van der Waals surface area contributed by atoms with Gasteiger partial charge in [0.05, 0.1) is 5.75 Å². The molecule has 28 heavy (non-hydrogen) atoms. The largest absolute Gasteiger partial charge is 0.330 e. The van der Waals surface area contributed by atoms with Crippen LogP contribution in [0.2, 0.25) is 10.0 Å². The van der Waals surface area contributed by atoms with Gasteiger partial charge in [-0.15, -0.1) is 10.2 Å². The first-order valence-corrected chi connectivity index (χ1v) is 10.7. The molecule has 1 aromatic carbocycles. The van der Waals surface area contributed by atoms with Crippen molar-refractivity contribution in [2.24, 2.45) is 0 Å². The van der Waals surface area contributed by atoms with Gasteiger partial charge in [-0.2, -0.15) is 0 Å². The van der Waals surface area contributed by atoms with Crippen molar-refractivity contribution in [1.82, 2.24) is 19.7 Å². The summed E-state index contributed by atoms with van der Waals surface area (Å²) in [5.41, 5.74) is 0.515. The van der Waals surface area contributed by atoms with Crippen molar-refractivity contribution in [3.8, 4) is 0 Å². The van der Waals surface area contributed by atoms with E-state index >= 15 is 0 Å². The Labute approximate surface area is 177 Å². The number of halogens is 2. The Balaban J connectivity index is 1.62. The highest BCUT2D eigenvalue weighted by Crippen LogP contribution is 2.26. The first kappa shape index (κ1) is 21.0. The molecule has 0 bridgehead atoms. The van der Waals surface area contributed by atoms with Crippen molar-refractivity contribution in [2.45, 2.75) is 43.9 Å². The van der Waals surface area contributed by atoms with Crippen molar-refractivity contribution in [2.75, 3.05) is 17.6 Å².